The molecule has 0 bridgehead atoms. The van der Waals surface area contributed by atoms with E-state index in [0.717, 1.165) is 25.7 Å². The summed E-state index contributed by atoms with van der Waals surface area (Å²) in [5.74, 6) is 0.755. The Bertz CT molecular complexity index is 233. The molecule has 0 fully saturated rings. The van der Waals surface area contributed by atoms with Crippen LogP contribution in [0.3, 0.4) is 0 Å². The molecule has 0 saturated heterocycles. The van der Waals surface area contributed by atoms with E-state index in [9.17, 15) is 9.59 Å². The van der Waals surface area contributed by atoms with Crippen LogP contribution in [0.5, 0.6) is 0 Å². The smallest absolute Gasteiger partial charge is 0.136 e. The number of hydrogen-bond donors (Lipinski definition) is 0. The molecular formula is C12H16O2. The third-order valence-electron chi connectivity index (χ3n) is 2.20. The summed E-state index contributed by atoms with van der Waals surface area (Å²) in [6.07, 6.45) is 12.8. The van der Waals surface area contributed by atoms with Gasteiger partial charge in [0.05, 0.1) is 0 Å². The van der Waals surface area contributed by atoms with Crippen molar-refractivity contribution in [2.45, 2.75) is 38.5 Å². The zero-order valence-corrected chi connectivity index (χ0v) is 8.37. The highest BCUT2D eigenvalue weighted by molar-refractivity contribution is 5.81. The number of rotatable bonds is 0. The van der Waals surface area contributed by atoms with Gasteiger partial charge in [-0.25, -0.2) is 0 Å². The van der Waals surface area contributed by atoms with Gasteiger partial charge < -0.3 is 0 Å². The minimum Gasteiger partial charge on any atom is -0.299 e. The first-order valence-electron chi connectivity index (χ1n) is 5.12. The highest BCUT2D eigenvalue weighted by atomic mass is 16.1. The topological polar surface area (TPSA) is 34.1 Å². The van der Waals surface area contributed by atoms with Gasteiger partial charge in [-0.15, -0.1) is 0 Å². The van der Waals surface area contributed by atoms with Gasteiger partial charge in [0, 0.05) is 25.7 Å². The Kier molecular flexibility index (Phi) is 4.90. The van der Waals surface area contributed by atoms with Gasteiger partial charge in [-0.2, -0.15) is 0 Å². The fourth-order valence-corrected chi connectivity index (χ4v) is 1.36. The maximum absolute atomic E-state index is 10.4. The Morgan fingerprint density at radius 1 is 0.714 bits per heavy atom. The molecule has 2 rings (SSSR count). The number of ketones is 2. The Morgan fingerprint density at radius 2 is 1.14 bits per heavy atom. The lowest BCUT2D eigenvalue weighted by molar-refractivity contribution is -0.119. The number of carbonyl (C=O) groups excluding carboxylic acids is 2. The zero-order chi connectivity index (χ0) is 10.2. The molecule has 2 aliphatic carbocycles. The van der Waals surface area contributed by atoms with Crippen LogP contribution in [-0.2, 0) is 9.59 Å². The van der Waals surface area contributed by atoms with E-state index in [1.807, 2.05) is 12.2 Å². The molecule has 0 spiro atoms. The first kappa shape index (κ1) is 10.9. The molecule has 2 aliphatic rings. The van der Waals surface area contributed by atoms with Crippen molar-refractivity contribution in [1.82, 2.24) is 0 Å². The van der Waals surface area contributed by atoms with E-state index in [4.69, 9.17) is 0 Å². The van der Waals surface area contributed by atoms with Crippen LogP contribution in [0.25, 0.3) is 0 Å². The summed E-state index contributed by atoms with van der Waals surface area (Å²) in [5, 5.41) is 0. The summed E-state index contributed by atoms with van der Waals surface area (Å²) >= 11 is 0. The molecule has 0 aliphatic heterocycles. The molecule has 2 heteroatoms. The second kappa shape index (κ2) is 6.30. The van der Waals surface area contributed by atoms with Crippen molar-refractivity contribution in [2.24, 2.45) is 0 Å². The van der Waals surface area contributed by atoms with Gasteiger partial charge in [0.15, 0.2) is 0 Å². The second-order valence-corrected chi connectivity index (χ2v) is 3.51. The quantitative estimate of drug-likeness (QED) is 0.553. The van der Waals surface area contributed by atoms with Crippen LogP contribution in [0.1, 0.15) is 38.5 Å². The Hall–Kier alpha value is -1.18. The lowest BCUT2D eigenvalue weighted by atomic mass is 10.1. The predicted molar refractivity (Wildman–Crippen MR) is 56.0 cm³/mol. The lowest BCUT2D eigenvalue weighted by Gasteiger charge is -1.97. The third-order valence-corrected chi connectivity index (χ3v) is 2.20. The molecule has 76 valence electrons. The van der Waals surface area contributed by atoms with Crippen LogP contribution >= 0.6 is 0 Å². The average molecular weight is 192 g/mol. The van der Waals surface area contributed by atoms with Gasteiger partial charge in [0.1, 0.15) is 11.6 Å². The lowest BCUT2D eigenvalue weighted by Crippen LogP contribution is -1.97. The molecular weight excluding hydrogens is 176 g/mol. The Labute approximate surface area is 84.7 Å². The normalized spacial score (nSPS) is 20.3. The predicted octanol–water partition coefficient (Wildman–Crippen LogP) is 2.59. The zero-order valence-electron chi connectivity index (χ0n) is 8.37. The molecule has 0 amide bonds. The van der Waals surface area contributed by atoms with Crippen molar-refractivity contribution in [3.8, 4) is 0 Å². The van der Waals surface area contributed by atoms with Crippen molar-refractivity contribution in [3.05, 3.63) is 24.3 Å². The van der Waals surface area contributed by atoms with E-state index in [1.54, 1.807) is 0 Å². The van der Waals surface area contributed by atoms with Crippen molar-refractivity contribution >= 4 is 11.6 Å². The largest absolute Gasteiger partial charge is 0.299 e. The molecule has 0 N–H and O–H groups in total. The molecule has 0 atom stereocenters. The minimum atomic E-state index is 0.377. The van der Waals surface area contributed by atoms with E-state index in [-0.39, 0.29) is 0 Å². The summed E-state index contributed by atoms with van der Waals surface area (Å²) in [6.45, 7) is 0. The first-order chi connectivity index (χ1) is 6.79. The summed E-state index contributed by atoms with van der Waals surface area (Å²) in [6, 6.07) is 0. The van der Waals surface area contributed by atoms with Gasteiger partial charge in [0.2, 0.25) is 0 Å². The van der Waals surface area contributed by atoms with E-state index in [1.165, 1.54) is 0 Å². The molecule has 0 heterocycles. The maximum atomic E-state index is 10.4. The molecule has 14 heavy (non-hydrogen) atoms. The fraction of sp³-hybridized carbons (Fsp3) is 0.500. The highest BCUT2D eigenvalue weighted by Gasteiger charge is 2.00. The molecule has 0 aromatic heterocycles. The summed E-state index contributed by atoms with van der Waals surface area (Å²) in [4.78, 5) is 20.8. The second-order valence-electron chi connectivity index (χ2n) is 3.51. The molecule has 0 radical (unpaired) electrons. The Morgan fingerprint density at radius 3 is 1.29 bits per heavy atom. The SMILES string of the molecule is O=C1CC=CCC1.O=C1CC=CCC1. The molecule has 0 aromatic rings. The van der Waals surface area contributed by atoms with Gasteiger partial charge in [-0.3, -0.25) is 9.59 Å². The van der Waals surface area contributed by atoms with Gasteiger partial charge in [-0.05, 0) is 12.8 Å². The number of allylic oxidation sites excluding steroid dienone is 4. The van der Waals surface area contributed by atoms with E-state index in [2.05, 4.69) is 12.2 Å². The van der Waals surface area contributed by atoms with Crippen molar-refractivity contribution < 1.29 is 9.59 Å². The highest BCUT2D eigenvalue weighted by Crippen LogP contribution is 2.04. The third kappa shape index (κ3) is 4.75. The standard InChI is InChI=1S/2C6H8O/c2*7-6-4-2-1-3-5-6/h2*1-2H,3-5H2. The Balaban J connectivity index is 0.000000140. The van der Waals surface area contributed by atoms with Crippen LogP contribution in [-0.4, -0.2) is 11.6 Å². The van der Waals surface area contributed by atoms with Crippen molar-refractivity contribution in [3.63, 3.8) is 0 Å². The van der Waals surface area contributed by atoms with Crippen LogP contribution in [0, 0.1) is 0 Å². The van der Waals surface area contributed by atoms with Crippen LogP contribution in [0.15, 0.2) is 24.3 Å². The molecule has 2 nitrogen and oxygen atoms in total. The summed E-state index contributed by atoms with van der Waals surface area (Å²) < 4.78 is 0. The fourth-order valence-electron chi connectivity index (χ4n) is 1.36. The van der Waals surface area contributed by atoms with E-state index in [0.29, 0.717) is 24.4 Å². The number of hydrogen-bond acceptors (Lipinski definition) is 2. The summed E-state index contributed by atoms with van der Waals surface area (Å²) in [5.41, 5.74) is 0. The van der Waals surface area contributed by atoms with Crippen LogP contribution < -0.4 is 0 Å². The molecule has 0 aromatic carbocycles. The molecule has 0 unspecified atom stereocenters. The van der Waals surface area contributed by atoms with Crippen molar-refractivity contribution in [1.29, 1.82) is 0 Å². The van der Waals surface area contributed by atoms with Crippen molar-refractivity contribution in [2.75, 3.05) is 0 Å². The van der Waals surface area contributed by atoms with E-state index < -0.39 is 0 Å². The maximum Gasteiger partial charge on any atom is 0.136 e. The van der Waals surface area contributed by atoms with Gasteiger partial charge >= 0.3 is 0 Å². The average Bonchev–Trinajstić information content (AvgIpc) is 2.21. The number of carbonyl (C=O) groups is 2. The van der Waals surface area contributed by atoms with Gasteiger partial charge in [-0.1, -0.05) is 24.3 Å². The minimum absolute atomic E-state index is 0.377. The molecule has 0 saturated carbocycles. The monoisotopic (exact) mass is 192 g/mol. The van der Waals surface area contributed by atoms with Crippen LogP contribution in [0.4, 0.5) is 0 Å². The van der Waals surface area contributed by atoms with Crippen LogP contribution in [0.2, 0.25) is 0 Å². The summed E-state index contributed by atoms with van der Waals surface area (Å²) in [7, 11) is 0. The number of Topliss-reactive ketones (excluding diaryl/α,β-unsaturated/α-hetero) is 2. The first-order valence-corrected chi connectivity index (χ1v) is 5.12. The van der Waals surface area contributed by atoms with Gasteiger partial charge in [0.25, 0.3) is 0 Å². The van der Waals surface area contributed by atoms with E-state index >= 15 is 0 Å².